The largest absolute Gasteiger partial charge is 0.350 e. The predicted octanol–water partition coefficient (Wildman–Crippen LogP) is 5.32. The number of nitrogens with zero attached hydrogens (tertiary/aromatic N) is 5. The molecule has 0 amide bonds. The Morgan fingerprint density at radius 1 is 0.935 bits per heavy atom. The Labute approximate surface area is 189 Å². The standard InChI is InChI=1S/C25H27N5.ClH/c1-15-12-16(2)22(17(3)13-15)23-19(5)28-30-24(23)27-18(4)21-9-11-29(25(21)30)14-20-8-6-7-10-26-20;/h6-8,10,12-13H,9,11,14H2,1-5H3;1H. The van der Waals surface area contributed by atoms with Gasteiger partial charge in [0.05, 0.1) is 23.5 Å². The molecular weight excluding hydrogens is 406 g/mol. The third-order valence-electron chi connectivity index (χ3n) is 6.15. The Morgan fingerprint density at radius 3 is 2.35 bits per heavy atom. The van der Waals surface area contributed by atoms with Crippen LogP contribution in [-0.4, -0.2) is 26.1 Å². The molecule has 0 saturated carbocycles. The van der Waals surface area contributed by atoms with Crippen LogP contribution in [0, 0.1) is 34.6 Å². The number of pyridine rings is 1. The molecule has 160 valence electrons. The molecule has 0 atom stereocenters. The number of benzene rings is 1. The summed E-state index contributed by atoms with van der Waals surface area (Å²) < 4.78 is 2.07. The summed E-state index contributed by atoms with van der Waals surface area (Å²) in [4.78, 5) is 12.0. The highest BCUT2D eigenvalue weighted by molar-refractivity contribution is 5.86. The summed E-state index contributed by atoms with van der Waals surface area (Å²) in [5.74, 6) is 1.17. The molecule has 31 heavy (non-hydrogen) atoms. The van der Waals surface area contributed by atoms with Crippen LogP contribution in [0.2, 0.25) is 0 Å². The van der Waals surface area contributed by atoms with E-state index in [9.17, 15) is 0 Å². The van der Waals surface area contributed by atoms with Crippen molar-refractivity contribution >= 4 is 23.9 Å². The third-order valence-corrected chi connectivity index (χ3v) is 6.15. The van der Waals surface area contributed by atoms with Gasteiger partial charge in [-0.3, -0.25) is 4.98 Å². The van der Waals surface area contributed by atoms with Gasteiger partial charge in [-0.1, -0.05) is 23.8 Å². The van der Waals surface area contributed by atoms with Gasteiger partial charge in [0.25, 0.3) is 0 Å². The maximum Gasteiger partial charge on any atom is 0.165 e. The molecule has 0 fully saturated rings. The fourth-order valence-corrected chi connectivity index (χ4v) is 4.96. The average Bonchev–Trinajstić information content (AvgIpc) is 3.24. The van der Waals surface area contributed by atoms with Gasteiger partial charge in [0.2, 0.25) is 0 Å². The molecule has 0 radical (unpaired) electrons. The topological polar surface area (TPSA) is 46.3 Å². The zero-order valence-corrected chi connectivity index (χ0v) is 19.5. The minimum Gasteiger partial charge on any atom is -0.350 e. The first kappa shape index (κ1) is 21.3. The van der Waals surface area contributed by atoms with E-state index in [0.717, 1.165) is 47.8 Å². The Hall–Kier alpha value is -2.92. The first-order valence-corrected chi connectivity index (χ1v) is 10.6. The second kappa shape index (κ2) is 7.97. The molecule has 0 bridgehead atoms. The van der Waals surface area contributed by atoms with Crippen LogP contribution in [0.5, 0.6) is 0 Å². The molecule has 3 aromatic heterocycles. The van der Waals surface area contributed by atoms with E-state index < -0.39 is 0 Å². The molecule has 5 nitrogen and oxygen atoms in total. The second-order valence-electron chi connectivity index (χ2n) is 8.46. The molecule has 0 aliphatic carbocycles. The molecule has 0 saturated heterocycles. The normalized spacial score (nSPS) is 12.9. The van der Waals surface area contributed by atoms with Crippen LogP contribution in [0.4, 0.5) is 5.82 Å². The number of anilines is 1. The lowest BCUT2D eigenvalue weighted by atomic mass is 9.94. The van der Waals surface area contributed by atoms with Crippen molar-refractivity contribution in [1.82, 2.24) is 19.6 Å². The molecular formula is C25H28ClN5. The van der Waals surface area contributed by atoms with E-state index in [4.69, 9.17) is 10.1 Å². The van der Waals surface area contributed by atoms with Crippen molar-refractivity contribution in [3.05, 3.63) is 75.9 Å². The first-order chi connectivity index (χ1) is 14.4. The lowest BCUT2D eigenvalue weighted by Gasteiger charge is -2.20. The van der Waals surface area contributed by atoms with Gasteiger partial charge < -0.3 is 4.90 Å². The van der Waals surface area contributed by atoms with E-state index in [-0.39, 0.29) is 12.4 Å². The monoisotopic (exact) mass is 433 g/mol. The van der Waals surface area contributed by atoms with Gasteiger partial charge in [0.1, 0.15) is 5.82 Å². The predicted molar refractivity (Wildman–Crippen MR) is 128 cm³/mol. The number of aromatic nitrogens is 4. The van der Waals surface area contributed by atoms with Gasteiger partial charge in [-0.05, 0) is 69.9 Å². The molecule has 0 unspecified atom stereocenters. The average molecular weight is 434 g/mol. The summed E-state index contributed by atoms with van der Waals surface area (Å²) in [5, 5.41) is 4.99. The van der Waals surface area contributed by atoms with Crippen molar-refractivity contribution in [2.24, 2.45) is 0 Å². The van der Waals surface area contributed by atoms with Crippen molar-refractivity contribution in [3.63, 3.8) is 0 Å². The minimum atomic E-state index is 0. The molecule has 0 N–H and O–H groups in total. The quantitative estimate of drug-likeness (QED) is 0.438. The van der Waals surface area contributed by atoms with Crippen LogP contribution in [0.25, 0.3) is 16.8 Å². The number of hydrogen-bond donors (Lipinski definition) is 0. The van der Waals surface area contributed by atoms with E-state index in [1.807, 2.05) is 18.3 Å². The molecule has 4 heterocycles. The minimum absolute atomic E-state index is 0. The highest BCUT2D eigenvalue weighted by atomic mass is 35.5. The van der Waals surface area contributed by atoms with Gasteiger partial charge in [0, 0.05) is 24.0 Å². The summed E-state index contributed by atoms with van der Waals surface area (Å²) >= 11 is 0. The first-order valence-electron chi connectivity index (χ1n) is 10.6. The smallest absolute Gasteiger partial charge is 0.165 e. The van der Waals surface area contributed by atoms with E-state index in [0.29, 0.717) is 0 Å². The van der Waals surface area contributed by atoms with Crippen molar-refractivity contribution < 1.29 is 0 Å². The lowest BCUT2D eigenvalue weighted by Crippen LogP contribution is -2.22. The zero-order chi connectivity index (χ0) is 21.0. The number of fused-ring (bicyclic) bond motifs is 3. The van der Waals surface area contributed by atoms with E-state index in [1.54, 1.807) is 0 Å². The Kier molecular flexibility index (Phi) is 5.48. The summed E-state index contributed by atoms with van der Waals surface area (Å²) in [7, 11) is 0. The zero-order valence-electron chi connectivity index (χ0n) is 18.7. The highest BCUT2D eigenvalue weighted by Gasteiger charge is 2.28. The highest BCUT2D eigenvalue weighted by Crippen LogP contribution is 2.38. The fraction of sp³-hybridized carbons (Fsp3) is 0.320. The molecule has 4 aromatic rings. The Bertz CT molecular complexity index is 1250. The van der Waals surface area contributed by atoms with Crippen molar-refractivity contribution in [3.8, 4) is 11.1 Å². The molecule has 1 aliphatic rings. The molecule has 5 rings (SSSR count). The summed E-state index contributed by atoms with van der Waals surface area (Å²) in [6.07, 6.45) is 2.85. The van der Waals surface area contributed by atoms with E-state index in [1.165, 1.54) is 33.6 Å². The van der Waals surface area contributed by atoms with Gasteiger partial charge in [-0.15, -0.1) is 12.4 Å². The second-order valence-corrected chi connectivity index (χ2v) is 8.46. The van der Waals surface area contributed by atoms with Gasteiger partial charge >= 0.3 is 0 Å². The SMILES string of the molecule is Cc1cc(C)c(-c2c(C)nn3c4c(c(C)nc23)CCN4Cc2ccccn2)c(C)c1.Cl. The van der Waals surface area contributed by atoms with Crippen molar-refractivity contribution in [2.45, 2.75) is 47.6 Å². The van der Waals surface area contributed by atoms with E-state index >= 15 is 0 Å². The number of hydrogen-bond acceptors (Lipinski definition) is 4. The summed E-state index contributed by atoms with van der Waals surface area (Å²) in [6, 6.07) is 10.6. The number of aryl methyl sites for hydroxylation is 5. The van der Waals surface area contributed by atoms with Crippen LogP contribution in [0.15, 0.2) is 36.5 Å². The van der Waals surface area contributed by atoms with Crippen molar-refractivity contribution in [1.29, 1.82) is 0 Å². The van der Waals surface area contributed by atoms with Gasteiger partial charge in [-0.25, -0.2) is 4.98 Å². The van der Waals surface area contributed by atoms with E-state index in [2.05, 4.69) is 67.2 Å². The van der Waals surface area contributed by atoms with Gasteiger partial charge in [0.15, 0.2) is 5.65 Å². The van der Waals surface area contributed by atoms with Gasteiger partial charge in [-0.2, -0.15) is 9.61 Å². The number of halogens is 1. The van der Waals surface area contributed by atoms with Crippen LogP contribution >= 0.6 is 12.4 Å². The number of rotatable bonds is 3. The Balaban J connectivity index is 0.00000231. The lowest BCUT2D eigenvalue weighted by molar-refractivity contribution is 0.780. The Morgan fingerprint density at radius 2 is 1.68 bits per heavy atom. The summed E-state index contributed by atoms with van der Waals surface area (Å²) in [5.41, 5.74) is 11.7. The van der Waals surface area contributed by atoms with Crippen LogP contribution in [0.3, 0.4) is 0 Å². The molecule has 1 aliphatic heterocycles. The third kappa shape index (κ3) is 3.47. The maximum absolute atomic E-state index is 5.05. The molecule has 0 spiro atoms. The fourth-order valence-electron chi connectivity index (χ4n) is 4.96. The van der Waals surface area contributed by atoms with Crippen LogP contribution < -0.4 is 4.90 Å². The van der Waals surface area contributed by atoms with Crippen molar-refractivity contribution in [2.75, 3.05) is 11.4 Å². The molecule has 6 heteroatoms. The molecule has 1 aromatic carbocycles. The van der Waals surface area contributed by atoms with Crippen LogP contribution in [0.1, 0.15) is 39.3 Å². The van der Waals surface area contributed by atoms with Crippen LogP contribution in [-0.2, 0) is 13.0 Å². The maximum atomic E-state index is 5.05. The summed E-state index contributed by atoms with van der Waals surface area (Å²) in [6.45, 7) is 12.5.